The Hall–Kier alpha value is -1.87. The Bertz CT molecular complexity index is 691. The molecule has 0 aromatic heterocycles. The van der Waals surface area contributed by atoms with E-state index < -0.39 is 0 Å². The summed E-state index contributed by atoms with van der Waals surface area (Å²) < 4.78 is 0. The molecule has 0 radical (unpaired) electrons. The van der Waals surface area contributed by atoms with Gasteiger partial charge in [0.2, 0.25) is 5.91 Å². The van der Waals surface area contributed by atoms with Crippen LogP contribution < -0.4 is 10.6 Å². The number of rotatable bonds is 2. The highest BCUT2D eigenvalue weighted by molar-refractivity contribution is 6.05. The Balaban J connectivity index is 1.67. The summed E-state index contributed by atoms with van der Waals surface area (Å²) in [5, 5.41) is 9.02. The van der Waals surface area contributed by atoms with E-state index in [0.29, 0.717) is 0 Å². The van der Waals surface area contributed by atoms with Crippen molar-refractivity contribution >= 4 is 22.4 Å². The topological polar surface area (TPSA) is 41.1 Å². The second-order valence-corrected chi connectivity index (χ2v) is 6.14. The summed E-state index contributed by atoms with van der Waals surface area (Å²) in [7, 11) is 0. The van der Waals surface area contributed by atoms with Gasteiger partial charge in [-0.15, -0.1) is 0 Å². The number of hydrogen-bond acceptors (Lipinski definition) is 2. The van der Waals surface area contributed by atoms with Crippen molar-refractivity contribution in [2.24, 2.45) is 5.92 Å². The molecule has 1 amide bonds. The van der Waals surface area contributed by atoms with Crippen LogP contribution in [-0.2, 0) is 17.6 Å². The highest BCUT2D eigenvalue weighted by atomic mass is 16.1. The summed E-state index contributed by atoms with van der Waals surface area (Å²) in [5.74, 6) is 0.252. The van der Waals surface area contributed by atoms with Crippen molar-refractivity contribution in [3.05, 3.63) is 41.5 Å². The molecule has 1 atom stereocenters. The number of nitrogens with one attached hydrogen (secondary N) is 2. The minimum Gasteiger partial charge on any atom is -0.325 e. The van der Waals surface area contributed by atoms with E-state index in [1.807, 2.05) is 0 Å². The number of piperidine rings is 1. The molecule has 2 aromatic rings. The molecule has 0 spiro atoms. The third-order valence-corrected chi connectivity index (χ3v) is 4.80. The third kappa shape index (κ3) is 2.22. The maximum atomic E-state index is 12.4. The molecule has 0 bridgehead atoms. The second-order valence-electron chi connectivity index (χ2n) is 6.14. The summed E-state index contributed by atoms with van der Waals surface area (Å²) in [6.07, 6.45) is 4.31. The van der Waals surface area contributed by atoms with Gasteiger partial charge < -0.3 is 10.6 Å². The van der Waals surface area contributed by atoms with Gasteiger partial charge in [0.15, 0.2) is 0 Å². The molecule has 4 rings (SSSR count). The highest BCUT2D eigenvalue weighted by Crippen LogP contribution is 2.35. The van der Waals surface area contributed by atoms with E-state index in [0.717, 1.165) is 44.5 Å². The van der Waals surface area contributed by atoms with Gasteiger partial charge in [-0.2, -0.15) is 0 Å². The first-order valence-corrected chi connectivity index (χ1v) is 7.88. The van der Waals surface area contributed by atoms with Crippen LogP contribution in [0, 0.1) is 5.92 Å². The van der Waals surface area contributed by atoms with Crippen LogP contribution in [0.3, 0.4) is 0 Å². The molecular formula is C18H20N2O. The van der Waals surface area contributed by atoms with Gasteiger partial charge in [0.25, 0.3) is 0 Å². The van der Waals surface area contributed by atoms with Crippen molar-refractivity contribution < 1.29 is 4.79 Å². The van der Waals surface area contributed by atoms with Gasteiger partial charge >= 0.3 is 0 Å². The van der Waals surface area contributed by atoms with Crippen molar-refractivity contribution in [3.8, 4) is 0 Å². The molecule has 1 aliphatic heterocycles. The van der Waals surface area contributed by atoms with E-state index in [9.17, 15) is 4.79 Å². The minimum absolute atomic E-state index is 0.0989. The fraction of sp³-hybridized carbons (Fsp3) is 0.389. The van der Waals surface area contributed by atoms with Gasteiger partial charge in [-0.25, -0.2) is 0 Å². The Morgan fingerprint density at radius 3 is 2.81 bits per heavy atom. The lowest BCUT2D eigenvalue weighted by molar-refractivity contribution is -0.120. The number of anilines is 1. The molecule has 3 nitrogen and oxygen atoms in total. The zero-order valence-electron chi connectivity index (χ0n) is 12.1. The van der Waals surface area contributed by atoms with Crippen molar-refractivity contribution in [1.82, 2.24) is 5.32 Å². The molecule has 1 unspecified atom stereocenters. The van der Waals surface area contributed by atoms with Gasteiger partial charge in [-0.1, -0.05) is 24.3 Å². The number of carbonyl (C=O) groups excluding carboxylic acids is 1. The monoisotopic (exact) mass is 280 g/mol. The van der Waals surface area contributed by atoms with Crippen LogP contribution in [-0.4, -0.2) is 19.0 Å². The van der Waals surface area contributed by atoms with Crippen molar-refractivity contribution in [3.63, 3.8) is 0 Å². The summed E-state index contributed by atoms with van der Waals surface area (Å²) in [4.78, 5) is 12.4. The molecule has 2 aromatic carbocycles. The van der Waals surface area contributed by atoms with Crippen molar-refractivity contribution in [2.45, 2.75) is 25.7 Å². The van der Waals surface area contributed by atoms with Crippen molar-refractivity contribution in [1.29, 1.82) is 0 Å². The van der Waals surface area contributed by atoms with E-state index in [1.54, 1.807) is 0 Å². The van der Waals surface area contributed by atoms with E-state index in [4.69, 9.17) is 0 Å². The van der Waals surface area contributed by atoms with Crippen LogP contribution in [0.4, 0.5) is 5.69 Å². The third-order valence-electron chi connectivity index (χ3n) is 4.80. The molecule has 2 aliphatic rings. The Morgan fingerprint density at radius 2 is 2.00 bits per heavy atom. The number of carbonyl (C=O) groups is 1. The maximum Gasteiger partial charge on any atom is 0.228 e. The summed E-state index contributed by atoms with van der Waals surface area (Å²) in [6.45, 7) is 1.83. The summed E-state index contributed by atoms with van der Waals surface area (Å²) in [6, 6.07) is 10.7. The standard InChI is InChI=1S/C18H20N2O/c21-18(14-4-2-10-19-11-14)20-16-9-8-13-7-6-12-3-1-5-15(16)17(12)13/h1,3,5,8-9,14,19H,2,4,6-7,10-11H2,(H,20,21). The first-order chi connectivity index (χ1) is 10.3. The Kier molecular flexibility index (Phi) is 3.15. The molecule has 2 N–H and O–H groups in total. The molecule has 108 valence electrons. The van der Waals surface area contributed by atoms with Gasteiger partial charge in [0.05, 0.1) is 5.92 Å². The number of amides is 1. The minimum atomic E-state index is 0.0989. The average molecular weight is 280 g/mol. The number of hydrogen-bond donors (Lipinski definition) is 2. The van der Waals surface area contributed by atoms with Crippen LogP contribution in [0.2, 0.25) is 0 Å². The molecule has 1 saturated heterocycles. The lowest BCUT2D eigenvalue weighted by atomic mass is 9.98. The molecular weight excluding hydrogens is 260 g/mol. The van der Waals surface area contributed by atoms with Crippen molar-refractivity contribution in [2.75, 3.05) is 18.4 Å². The predicted octanol–water partition coefficient (Wildman–Crippen LogP) is 2.88. The van der Waals surface area contributed by atoms with Gasteiger partial charge in [0, 0.05) is 17.6 Å². The smallest absolute Gasteiger partial charge is 0.228 e. The van der Waals surface area contributed by atoms with Crippen LogP contribution >= 0.6 is 0 Å². The molecule has 1 heterocycles. The van der Waals surface area contributed by atoms with E-state index in [1.165, 1.54) is 21.9 Å². The largest absolute Gasteiger partial charge is 0.325 e. The number of aryl methyl sites for hydroxylation is 2. The normalized spacial score (nSPS) is 20.7. The quantitative estimate of drug-likeness (QED) is 0.888. The lowest BCUT2D eigenvalue weighted by Gasteiger charge is -2.22. The molecule has 3 heteroatoms. The van der Waals surface area contributed by atoms with E-state index >= 15 is 0 Å². The van der Waals surface area contributed by atoms with Gasteiger partial charge in [0.1, 0.15) is 0 Å². The van der Waals surface area contributed by atoms with Gasteiger partial charge in [-0.05, 0) is 54.8 Å². The SMILES string of the molecule is O=C(Nc1ccc2c3c(cccc13)CC2)C1CCCNC1. The average Bonchev–Trinajstić information content (AvgIpc) is 2.96. The van der Waals surface area contributed by atoms with Crippen LogP contribution in [0.25, 0.3) is 10.8 Å². The summed E-state index contributed by atoms with van der Waals surface area (Å²) in [5.41, 5.74) is 3.80. The zero-order chi connectivity index (χ0) is 14.2. The fourth-order valence-electron chi connectivity index (χ4n) is 3.67. The van der Waals surface area contributed by atoms with Gasteiger partial charge in [-0.3, -0.25) is 4.79 Å². The highest BCUT2D eigenvalue weighted by Gasteiger charge is 2.22. The maximum absolute atomic E-state index is 12.4. The number of benzene rings is 2. The molecule has 0 saturated carbocycles. The van der Waals surface area contributed by atoms with Crippen LogP contribution in [0.5, 0.6) is 0 Å². The fourth-order valence-corrected chi connectivity index (χ4v) is 3.67. The zero-order valence-corrected chi connectivity index (χ0v) is 12.1. The molecule has 1 fully saturated rings. The molecule has 21 heavy (non-hydrogen) atoms. The Morgan fingerprint density at radius 1 is 1.14 bits per heavy atom. The lowest BCUT2D eigenvalue weighted by Crippen LogP contribution is -2.37. The van der Waals surface area contributed by atoms with E-state index in [2.05, 4.69) is 41.0 Å². The summed E-state index contributed by atoms with van der Waals surface area (Å²) >= 11 is 0. The second kappa shape index (κ2) is 5.15. The van der Waals surface area contributed by atoms with Crippen LogP contribution in [0.15, 0.2) is 30.3 Å². The predicted molar refractivity (Wildman–Crippen MR) is 85.6 cm³/mol. The first-order valence-electron chi connectivity index (χ1n) is 7.88. The van der Waals surface area contributed by atoms with E-state index in [-0.39, 0.29) is 11.8 Å². The Labute approximate surface area is 124 Å². The molecule has 1 aliphatic carbocycles. The van der Waals surface area contributed by atoms with Crippen LogP contribution in [0.1, 0.15) is 24.0 Å². The first kappa shape index (κ1) is 12.8.